The lowest BCUT2D eigenvalue weighted by molar-refractivity contribution is -0.125. The molecule has 1 aromatic rings. The van der Waals surface area contributed by atoms with Crippen LogP contribution in [0.2, 0.25) is 4.34 Å². The molecule has 0 spiro atoms. The lowest BCUT2D eigenvalue weighted by atomic mass is 9.96. The Morgan fingerprint density at radius 1 is 1.38 bits per heavy atom. The van der Waals surface area contributed by atoms with Gasteiger partial charge < -0.3 is 15.5 Å². The molecule has 2 heterocycles. The molecular weight excluding hydrogens is 310 g/mol. The normalized spacial score (nSPS) is 17.4. The van der Waals surface area contributed by atoms with Gasteiger partial charge in [-0.3, -0.25) is 4.79 Å². The Labute approximate surface area is 133 Å². The van der Waals surface area contributed by atoms with Crippen molar-refractivity contribution >= 4 is 34.9 Å². The van der Waals surface area contributed by atoms with Gasteiger partial charge in [-0.25, -0.2) is 4.79 Å². The second-order valence-corrected chi connectivity index (χ2v) is 6.94. The number of hydrogen-bond acceptors (Lipinski definition) is 3. The molecule has 0 unspecified atom stereocenters. The van der Waals surface area contributed by atoms with E-state index in [4.69, 9.17) is 11.6 Å². The largest absolute Gasteiger partial charge is 0.359 e. The molecule has 1 aliphatic rings. The Bertz CT molecular complexity index is 512. The van der Waals surface area contributed by atoms with Gasteiger partial charge in [-0.1, -0.05) is 11.6 Å². The van der Waals surface area contributed by atoms with Crippen LogP contribution in [-0.4, -0.2) is 37.0 Å². The number of carbonyl (C=O) groups is 2. The van der Waals surface area contributed by atoms with Crippen LogP contribution in [0.15, 0.2) is 12.1 Å². The molecule has 1 atom stereocenters. The van der Waals surface area contributed by atoms with Gasteiger partial charge in [0.2, 0.25) is 5.91 Å². The molecule has 1 fully saturated rings. The molecule has 116 valence electrons. The summed E-state index contributed by atoms with van der Waals surface area (Å²) in [4.78, 5) is 26.6. The molecule has 0 aromatic carbocycles. The SMILES string of the molecule is CNC(=O)C1CCN(C(=O)N[C@H](C)c2ccc(Cl)s2)CC1. The number of halogens is 1. The molecule has 1 aliphatic heterocycles. The summed E-state index contributed by atoms with van der Waals surface area (Å²) in [5.74, 6) is 0.0872. The van der Waals surface area contributed by atoms with Crippen LogP contribution in [0.4, 0.5) is 4.79 Å². The fraction of sp³-hybridized carbons (Fsp3) is 0.571. The predicted molar refractivity (Wildman–Crippen MR) is 84.6 cm³/mol. The maximum Gasteiger partial charge on any atom is 0.317 e. The minimum atomic E-state index is -0.0811. The van der Waals surface area contributed by atoms with Gasteiger partial charge in [0.25, 0.3) is 0 Å². The highest BCUT2D eigenvalue weighted by Gasteiger charge is 2.27. The van der Waals surface area contributed by atoms with Crippen molar-refractivity contribution in [3.05, 3.63) is 21.3 Å². The van der Waals surface area contributed by atoms with Crippen LogP contribution < -0.4 is 10.6 Å². The number of likely N-dealkylation sites (tertiary alicyclic amines) is 1. The van der Waals surface area contributed by atoms with Crippen LogP contribution in [0.3, 0.4) is 0 Å². The summed E-state index contributed by atoms with van der Waals surface area (Å²) >= 11 is 7.38. The van der Waals surface area contributed by atoms with Gasteiger partial charge in [-0.05, 0) is 31.9 Å². The van der Waals surface area contributed by atoms with Gasteiger partial charge in [0.1, 0.15) is 0 Å². The molecular formula is C14H20ClN3O2S. The van der Waals surface area contributed by atoms with Crippen molar-refractivity contribution in [1.29, 1.82) is 0 Å². The molecule has 1 saturated heterocycles. The Kier molecular flexibility index (Phi) is 5.47. The molecule has 0 aliphatic carbocycles. The highest BCUT2D eigenvalue weighted by Crippen LogP contribution is 2.27. The number of piperidine rings is 1. The van der Waals surface area contributed by atoms with Crippen LogP contribution in [0.1, 0.15) is 30.7 Å². The highest BCUT2D eigenvalue weighted by atomic mass is 35.5. The number of thiophene rings is 1. The van der Waals surface area contributed by atoms with Crippen molar-refractivity contribution in [1.82, 2.24) is 15.5 Å². The summed E-state index contributed by atoms with van der Waals surface area (Å²) in [6.45, 7) is 3.17. The van der Waals surface area contributed by atoms with Crippen LogP contribution >= 0.6 is 22.9 Å². The number of urea groups is 1. The molecule has 5 nitrogen and oxygen atoms in total. The van der Waals surface area contributed by atoms with E-state index < -0.39 is 0 Å². The van der Waals surface area contributed by atoms with Crippen LogP contribution in [0.5, 0.6) is 0 Å². The van der Waals surface area contributed by atoms with Crippen molar-refractivity contribution in [2.75, 3.05) is 20.1 Å². The van der Waals surface area contributed by atoms with E-state index in [2.05, 4.69) is 10.6 Å². The van der Waals surface area contributed by atoms with Crippen molar-refractivity contribution in [3.63, 3.8) is 0 Å². The minimum absolute atomic E-state index is 0.0209. The van der Waals surface area contributed by atoms with E-state index in [0.717, 1.165) is 9.21 Å². The monoisotopic (exact) mass is 329 g/mol. The van der Waals surface area contributed by atoms with Gasteiger partial charge in [0, 0.05) is 30.9 Å². The molecule has 1 aromatic heterocycles. The number of hydrogen-bond donors (Lipinski definition) is 2. The second kappa shape index (κ2) is 7.13. The average Bonchev–Trinajstić information content (AvgIpc) is 2.93. The molecule has 3 amide bonds. The molecule has 0 radical (unpaired) electrons. The third-order valence-electron chi connectivity index (χ3n) is 3.76. The third kappa shape index (κ3) is 4.11. The van der Waals surface area contributed by atoms with E-state index in [1.165, 1.54) is 11.3 Å². The van der Waals surface area contributed by atoms with E-state index in [-0.39, 0.29) is 23.9 Å². The lowest BCUT2D eigenvalue weighted by Crippen LogP contribution is -2.47. The zero-order valence-electron chi connectivity index (χ0n) is 12.2. The van der Waals surface area contributed by atoms with Gasteiger partial charge in [-0.2, -0.15) is 0 Å². The van der Waals surface area contributed by atoms with Gasteiger partial charge in [0.05, 0.1) is 10.4 Å². The van der Waals surface area contributed by atoms with Crippen molar-refractivity contribution in [3.8, 4) is 0 Å². The van der Waals surface area contributed by atoms with Crippen LogP contribution in [0, 0.1) is 5.92 Å². The summed E-state index contributed by atoms with van der Waals surface area (Å²) in [5, 5.41) is 5.64. The number of rotatable bonds is 3. The number of nitrogens with zero attached hydrogens (tertiary/aromatic N) is 1. The quantitative estimate of drug-likeness (QED) is 0.895. The Balaban J connectivity index is 1.83. The van der Waals surface area contributed by atoms with Crippen LogP contribution in [0.25, 0.3) is 0 Å². The number of nitrogens with one attached hydrogen (secondary N) is 2. The summed E-state index contributed by atoms with van der Waals surface area (Å²) in [5.41, 5.74) is 0. The Morgan fingerprint density at radius 2 is 2.05 bits per heavy atom. The zero-order valence-corrected chi connectivity index (χ0v) is 13.8. The summed E-state index contributed by atoms with van der Waals surface area (Å²) in [6, 6.07) is 3.61. The molecule has 2 N–H and O–H groups in total. The van der Waals surface area contributed by atoms with E-state index in [1.54, 1.807) is 11.9 Å². The topological polar surface area (TPSA) is 61.4 Å². The van der Waals surface area contributed by atoms with Gasteiger partial charge in [0.15, 0.2) is 0 Å². The van der Waals surface area contributed by atoms with E-state index in [0.29, 0.717) is 25.9 Å². The van der Waals surface area contributed by atoms with Crippen molar-refractivity contribution in [2.24, 2.45) is 5.92 Å². The minimum Gasteiger partial charge on any atom is -0.359 e. The maximum atomic E-state index is 12.2. The van der Waals surface area contributed by atoms with Gasteiger partial charge >= 0.3 is 6.03 Å². The number of amides is 3. The first-order valence-electron chi connectivity index (χ1n) is 7.03. The first kappa shape index (κ1) is 16.1. The highest BCUT2D eigenvalue weighted by molar-refractivity contribution is 7.16. The number of carbonyl (C=O) groups excluding carboxylic acids is 2. The zero-order chi connectivity index (χ0) is 15.4. The summed E-state index contributed by atoms with van der Waals surface area (Å²) < 4.78 is 0.720. The molecule has 21 heavy (non-hydrogen) atoms. The second-order valence-electron chi connectivity index (χ2n) is 5.19. The fourth-order valence-electron chi connectivity index (χ4n) is 2.46. The van der Waals surface area contributed by atoms with E-state index >= 15 is 0 Å². The lowest BCUT2D eigenvalue weighted by Gasteiger charge is -2.32. The smallest absolute Gasteiger partial charge is 0.317 e. The third-order valence-corrected chi connectivity index (χ3v) is 5.17. The molecule has 0 bridgehead atoms. The van der Waals surface area contributed by atoms with E-state index in [9.17, 15) is 9.59 Å². The summed E-state index contributed by atoms with van der Waals surface area (Å²) in [6.07, 6.45) is 1.43. The maximum absolute atomic E-state index is 12.2. The van der Waals surface area contributed by atoms with Gasteiger partial charge in [-0.15, -0.1) is 11.3 Å². The first-order chi connectivity index (χ1) is 10.0. The fourth-order valence-corrected chi connectivity index (χ4v) is 3.52. The Morgan fingerprint density at radius 3 is 2.57 bits per heavy atom. The molecule has 0 saturated carbocycles. The standard InChI is InChI=1S/C14H20ClN3O2S/c1-9(11-3-4-12(15)21-11)17-14(20)18-7-5-10(6-8-18)13(19)16-2/h3-4,9-10H,5-8H2,1-2H3,(H,16,19)(H,17,20)/t9-/m1/s1. The average molecular weight is 330 g/mol. The van der Waals surface area contributed by atoms with Crippen molar-refractivity contribution in [2.45, 2.75) is 25.8 Å². The van der Waals surface area contributed by atoms with E-state index in [1.807, 2.05) is 19.1 Å². The first-order valence-corrected chi connectivity index (χ1v) is 8.23. The molecule has 7 heteroatoms. The predicted octanol–water partition coefficient (Wildman–Crippen LogP) is 2.63. The Hall–Kier alpha value is -1.27. The van der Waals surface area contributed by atoms with Crippen molar-refractivity contribution < 1.29 is 9.59 Å². The summed E-state index contributed by atoms with van der Waals surface area (Å²) in [7, 11) is 1.65. The van der Waals surface area contributed by atoms with Crippen LogP contribution in [-0.2, 0) is 4.79 Å². The molecule has 2 rings (SSSR count).